The van der Waals surface area contributed by atoms with Gasteiger partial charge >= 0.3 is 5.97 Å². The topological polar surface area (TPSA) is 72.9 Å². The minimum atomic E-state index is -0.648. The predicted molar refractivity (Wildman–Crippen MR) is 97.7 cm³/mol. The maximum atomic E-state index is 12.3. The first-order chi connectivity index (χ1) is 11.4. The Labute approximate surface area is 159 Å². The number of esters is 1. The molecule has 2 rings (SSSR count). The van der Waals surface area contributed by atoms with Crippen LogP contribution >= 0.6 is 43.6 Å². The fraction of sp³-hybridized carbons (Fsp3) is 0.267. The molecule has 128 valence electrons. The molecule has 0 unspecified atom stereocenters. The molecule has 0 saturated carbocycles. The molecule has 0 atom stereocenters. The minimum absolute atomic E-state index is 0.242. The first-order valence-electron chi connectivity index (χ1n) is 6.81. The molecule has 2 amide bonds. The van der Waals surface area contributed by atoms with Crippen LogP contribution in [-0.2, 0) is 14.3 Å². The maximum absolute atomic E-state index is 12.3. The van der Waals surface area contributed by atoms with Crippen LogP contribution in [0.2, 0.25) is 0 Å². The molecule has 9 heteroatoms. The van der Waals surface area contributed by atoms with Crippen molar-refractivity contribution in [2.75, 3.05) is 20.3 Å². The lowest BCUT2D eigenvalue weighted by molar-refractivity contribution is -0.143. The molecule has 1 aromatic carbocycles. The number of methoxy groups -OCH3 is 1. The highest BCUT2D eigenvalue weighted by molar-refractivity contribution is 9.11. The van der Waals surface area contributed by atoms with Gasteiger partial charge < -0.3 is 9.47 Å². The Morgan fingerprint density at radius 1 is 1.29 bits per heavy atom. The van der Waals surface area contributed by atoms with Crippen molar-refractivity contribution in [3.05, 3.63) is 31.5 Å². The molecule has 1 saturated heterocycles. The summed E-state index contributed by atoms with van der Waals surface area (Å²) in [5.74, 6) is -0.505. The molecular formula is C15H13Br2NO5S. The standard InChI is InChI=1S/C15H13Br2NO5S/c1-3-23-13-9(16)4-8(5-10(13)17)6-11-14(20)18(15(21)24-11)7-12(19)22-2/h4-6H,3,7H2,1-2H3/b11-6-. The Bertz CT molecular complexity index is 712. The van der Waals surface area contributed by atoms with Crippen molar-refractivity contribution in [3.63, 3.8) is 0 Å². The van der Waals surface area contributed by atoms with Gasteiger partial charge in [-0.05, 0) is 74.3 Å². The van der Waals surface area contributed by atoms with Gasteiger partial charge in [0.25, 0.3) is 11.1 Å². The van der Waals surface area contributed by atoms with Gasteiger partial charge in [-0.3, -0.25) is 19.3 Å². The van der Waals surface area contributed by atoms with E-state index in [1.165, 1.54) is 7.11 Å². The summed E-state index contributed by atoms with van der Waals surface area (Å²) in [6, 6.07) is 3.56. The van der Waals surface area contributed by atoms with E-state index in [1.807, 2.05) is 6.92 Å². The highest BCUT2D eigenvalue weighted by atomic mass is 79.9. The summed E-state index contributed by atoms with van der Waals surface area (Å²) in [5.41, 5.74) is 0.709. The molecule has 0 aliphatic carbocycles. The second kappa shape index (κ2) is 8.17. The van der Waals surface area contributed by atoms with Crippen LogP contribution in [-0.4, -0.2) is 42.3 Å². The molecule has 24 heavy (non-hydrogen) atoms. The van der Waals surface area contributed by atoms with E-state index in [2.05, 4.69) is 36.6 Å². The third kappa shape index (κ3) is 4.20. The zero-order chi connectivity index (χ0) is 17.9. The van der Waals surface area contributed by atoms with E-state index < -0.39 is 23.7 Å². The highest BCUT2D eigenvalue weighted by Crippen LogP contribution is 2.37. The van der Waals surface area contributed by atoms with Gasteiger partial charge in [0.1, 0.15) is 12.3 Å². The molecule has 0 spiro atoms. The highest BCUT2D eigenvalue weighted by Gasteiger charge is 2.36. The summed E-state index contributed by atoms with van der Waals surface area (Å²) in [4.78, 5) is 36.6. The van der Waals surface area contributed by atoms with Crippen LogP contribution in [0.4, 0.5) is 4.79 Å². The van der Waals surface area contributed by atoms with Crippen LogP contribution in [0.3, 0.4) is 0 Å². The monoisotopic (exact) mass is 477 g/mol. The minimum Gasteiger partial charge on any atom is -0.492 e. The fourth-order valence-corrected chi connectivity index (χ4v) is 4.22. The SMILES string of the molecule is CCOc1c(Br)cc(/C=C2\SC(=O)N(CC(=O)OC)C2=O)cc1Br. The molecule has 1 aliphatic heterocycles. The van der Waals surface area contributed by atoms with E-state index in [4.69, 9.17) is 4.74 Å². The lowest BCUT2D eigenvalue weighted by Gasteiger charge is -2.10. The molecule has 0 N–H and O–H groups in total. The van der Waals surface area contributed by atoms with E-state index in [0.717, 1.165) is 25.6 Å². The van der Waals surface area contributed by atoms with Gasteiger partial charge in [-0.1, -0.05) is 0 Å². The summed E-state index contributed by atoms with van der Waals surface area (Å²) < 4.78 is 11.4. The second-order valence-electron chi connectivity index (χ2n) is 4.59. The van der Waals surface area contributed by atoms with Crippen molar-refractivity contribution < 1.29 is 23.9 Å². The molecule has 0 radical (unpaired) electrons. The van der Waals surface area contributed by atoms with Crippen LogP contribution in [0.25, 0.3) is 6.08 Å². The van der Waals surface area contributed by atoms with E-state index in [0.29, 0.717) is 17.9 Å². The van der Waals surface area contributed by atoms with E-state index in [9.17, 15) is 14.4 Å². The predicted octanol–water partition coefficient (Wildman–Crippen LogP) is 3.82. The van der Waals surface area contributed by atoms with Crippen molar-refractivity contribution in [3.8, 4) is 5.75 Å². The zero-order valence-electron chi connectivity index (χ0n) is 12.8. The number of benzene rings is 1. The number of hydrogen-bond donors (Lipinski definition) is 0. The van der Waals surface area contributed by atoms with Crippen LogP contribution in [0.5, 0.6) is 5.75 Å². The van der Waals surface area contributed by atoms with Gasteiger partial charge in [-0.15, -0.1) is 0 Å². The van der Waals surface area contributed by atoms with Crippen molar-refractivity contribution in [1.82, 2.24) is 4.90 Å². The van der Waals surface area contributed by atoms with E-state index >= 15 is 0 Å². The number of hydrogen-bond acceptors (Lipinski definition) is 6. The second-order valence-corrected chi connectivity index (χ2v) is 7.29. The number of thioether (sulfide) groups is 1. The van der Waals surface area contributed by atoms with Crippen molar-refractivity contribution in [2.24, 2.45) is 0 Å². The number of amides is 2. The number of imide groups is 1. The summed E-state index contributed by atoms with van der Waals surface area (Å²) in [6.07, 6.45) is 1.59. The van der Waals surface area contributed by atoms with E-state index in [-0.39, 0.29) is 4.91 Å². The summed E-state index contributed by atoms with van der Waals surface area (Å²) in [6.45, 7) is 2.00. The molecule has 0 bridgehead atoms. The van der Waals surface area contributed by atoms with Gasteiger partial charge in [0.2, 0.25) is 0 Å². The average molecular weight is 479 g/mol. The van der Waals surface area contributed by atoms with Crippen LogP contribution in [0.1, 0.15) is 12.5 Å². The van der Waals surface area contributed by atoms with Gasteiger partial charge in [0.05, 0.1) is 27.6 Å². The Kier molecular flexibility index (Phi) is 6.47. The Morgan fingerprint density at radius 3 is 2.46 bits per heavy atom. The molecule has 6 nitrogen and oxygen atoms in total. The van der Waals surface area contributed by atoms with Gasteiger partial charge in [0, 0.05) is 0 Å². The smallest absolute Gasteiger partial charge is 0.325 e. The van der Waals surface area contributed by atoms with Gasteiger partial charge in [0.15, 0.2) is 0 Å². The Balaban J connectivity index is 2.27. The first-order valence-corrected chi connectivity index (χ1v) is 9.21. The number of carbonyl (C=O) groups excluding carboxylic acids is 3. The van der Waals surface area contributed by atoms with Crippen LogP contribution in [0.15, 0.2) is 26.0 Å². The summed E-state index contributed by atoms with van der Waals surface area (Å²) in [7, 11) is 1.20. The van der Waals surface area contributed by atoms with Crippen LogP contribution < -0.4 is 4.74 Å². The van der Waals surface area contributed by atoms with Crippen molar-refractivity contribution in [1.29, 1.82) is 0 Å². The normalized spacial score (nSPS) is 16.0. The largest absolute Gasteiger partial charge is 0.492 e. The van der Waals surface area contributed by atoms with Crippen molar-refractivity contribution in [2.45, 2.75) is 6.92 Å². The number of ether oxygens (including phenoxy) is 2. The first kappa shape index (κ1) is 19.0. The number of carbonyl (C=O) groups is 3. The molecule has 1 heterocycles. The summed E-state index contributed by atoms with van der Waals surface area (Å²) >= 11 is 7.61. The average Bonchev–Trinajstić information content (AvgIpc) is 2.78. The molecule has 1 aliphatic rings. The number of rotatable bonds is 5. The maximum Gasteiger partial charge on any atom is 0.325 e. The molecule has 1 aromatic rings. The lowest BCUT2D eigenvalue weighted by Crippen LogP contribution is -2.34. The quantitative estimate of drug-likeness (QED) is 0.473. The zero-order valence-corrected chi connectivity index (χ0v) is 16.8. The van der Waals surface area contributed by atoms with Gasteiger partial charge in [-0.25, -0.2) is 0 Å². The number of halogens is 2. The molecular weight excluding hydrogens is 466 g/mol. The van der Waals surface area contributed by atoms with Crippen LogP contribution in [0, 0.1) is 0 Å². The fourth-order valence-electron chi connectivity index (χ4n) is 1.93. The lowest BCUT2D eigenvalue weighted by atomic mass is 10.2. The Hall–Kier alpha value is -1.32. The van der Waals surface area contributed by atoms with E-state index in [1.54, 1.807) is 18.2 Å². The summed E-state index contributed by atoms with van der Waals surface area (Å²) in [5, 5.41) is -0.499. The third-order valence-corrected chi connectivity index (χ3v) is 5.08. The van der Waals surface area contributed by atoms with Crippen molar-refractivity contribution >= 4 is 66.8 Å². The molecule has 0 aromatic heterocycles. The Morgan fingerprint density at radius 2 is 1.92 bits per heavy atom. The number of nitrogens with zero attached hydrogens (tertiary/aromatic N) is 1. The van der Waals surface area contributed by atoms with Gasteiger partial charge in [-0.2, -0.15) is 0 Å². The molecule has 1 fully saturated rings. The third-order valence-electron chi connectivity index (χ3n) is 3.00.